The molecule has 0 saturated carbocycles. The Morgan fingerprint density at radius 1 is 1.04 bits per heavy atom. The van der Waals surface area contributed by atoms with Crippen molar-refractivity contribution >= 4 is 18.2 Å². The van der Waals surface area contributed by atoms with E-state index >= 15 is 0 Å². The molecule has 0 bridgehead atoms. The Kier molecular flexibility index (Phi) is 7.18. The molecule has 0 aliphatic carbocycles. The molecule has 0 aromatic heterocycles. The first-order valence-corrected chi connectivity index (χ1v) is 8.33. The van der Waals surface area contributed by atoms with E-state index in [1.54, 1.807) is 42.5 Å². The number of nitrogens with two attached hydrogens (primary N) is 1. The first kappa shape index (κ1) is 19.8. The minimum absolute atomic E-state index is 0.274. The van der Waals surface area contributed by atoms with E-state index in [9.17, 15) is 9.59 Å². The van der Waals surface area contributed by atoms with Crippen LogP contribution in [0, 0.1) is 0 Å². The van der Waals surface area contributed by atoms with E-state index in [1.807, 2.05) is 13.8 Å². The van der Waals surface area contributed by atoms with Crippen LogP contribution in [0.2, 0.25) is 0 Å². The van der Waals surface area contributed by atoms with E-state index in [2.05, 4.69) is 10.5 Å². The first-order valence-electron chi connectivity index (χ1n) is 8.33. The summed E-state index contributed by atoms with van der Waals surface area (Å²) in [6, 6.07) is 10.8. The van der Waals surface area contributed by atoms with Crippen LogP contribution < -0.4 is 25.4 Å². The fraction of sp³-hybridized carbons (Fsp3) is 0.211. The molecule has 142 valence electrons. The van der Waals surface area contributed by atoms with Gasteiger partial charge in [0, 0.05) is 0 Å². The van der Waals surface area contributed by atoms with E-state index in [0.717, 1.165) is 0 Å². The molecule has 0 saturated heterocycles. The third-order valence-corrected chi connectivity index (χ3v) is 3.26. The van der Waals surface area contributed by atoms with Gasteiger partial charge in [-0.2, -0.15) is 5.10 Å². The molecule has 8 heteroatoms. The molecule has 0 spiro atoms. The van der Waals surface area contributed by atoms with Gasteiger partial charge in [-0.25, -0.2) is 15.0 Å². The minimum Gasteiger partial charge on any atom is -0.494 e. The number of hydrogen-bond acceptors (Lipinski definition) is 6. The van der Waals surface area contributed by atoms with Crippen molar-refractivity contribution in [3.05, 3.63) is 53.6 Å². The zero-order valence-electron chi connectivity index (χ0n) is 15.1. The lowest BCUT2D eigenvalue weighted by molar-refractivity contribution is 0.0728. The molecule has 0 heterocycles. The van der Waals surface area contributed by atoms with E-state index in [1.165, 1.54) is 6.21 Å². The Hall–Kier alpha value is -3.55. The fourth-order valence-electron chi connectivity index (χ4n) is 2.14. The van der Waals surface area contributed by atoms with Gasteiger partial charge in [-0.05, 0) is 61.9 Å². The number of hydrazone groups is 1. The van der Waals surface area contributed by atoms with Crippen LogP contribution in [-0.2, 0) is 0 Å². The van der Waals surface area contributed by atoms with Crippen LogP contribution in [0.3, 0.4) is 0 Å². The summed E-state index contributed by atoms with van der Waals surface area (Å²) in [5.74, 6) is 0.809. The monoisotopic (exact) mass is 371 g/mol. The number of urea groups is 1. The molecule has 3 N–H and O–H groups in total. The number of nitrogens with zero attached hydrogens (tertiary/aromatic N) is 1. The van der Waals surface area contributed by atoms with Gasteiger partial charge in [0.15, 0.2) is 11.5 Å². The lowest BCUT2D eigenvalue weighted by Gasteiger charge is -2.11. The molecule has 0 unspecified atom stereocenters. The third kappa shape index (κ3) is 6.03. The minimum atomic E-state index is -0.766. The molecule has 2 amide bonds. The molecule has 0 fully saturated rings. The van der Waals surface area contributed by atoms with Crippen LogP contribution in [0.4, 0.5) is 4.79 Å². The highest BCUT2D eigenvalue weighted by Gasteiger charge is 2.13. The smallest absolute Gasteiger partial charge is 0.343 e. The number of rotatable bonds is 8. The normalized spacial score (nSPS) is 10.4. The summed E-state index contributed by atoms with van der Waals surface area (Å²) in [6.45, 7) is 4.63. The Balaban J connectivity index is 2.14. The maximum absolute atomic E-state index is 12.4. The van der Waals surface area contributed by atoms with Gasteiger partial charge in [-0.15, -0.1) is 0 Å². The molecule has 8 nitrogen and oxygen atoms in total. The SMILES string of the molecule is CCOc1ccc(C(=O)Oc2ccc(C=NNC(N)=O)cc2OCC)cc1. The number of hydrogen-bond donors (Lipinski definition) is 2. The standard InChI is InChI=1S/C19H21N3O5/c1-3-25-15-8-6-14(7-9-15)18(23)27-16-10-5-13(11-17(16)26-4-2)12-21-22-19(20)24/h5-12H,3-4H2,1-2H3,(H3,20,22,24). The van der Waals surface area contributed by atoms with Crippen LogP contribution in [0.15, 0.2) is 47.6 Å². The number of benzene rings is 2. The lowest BCUT2D eigenvalue weighted by atomic mass is 10.2. The van der Waals surface area contributed by atoms with Crippen LogP contribution in [0.25, 0.3) is 0 Å². The van der Waals surface area contributed by atoms with Crippen molar-refractivity contribution in [1.82, 2.24) is 5.43 Å². The maximum Gasteiger partial charge on any atom is 0.343 e. The number of primary amides is 1. The zero-order valence-corrected chi connectivity index (χ0v) is 15.1. The van der Waals surface area contributed by atoms with Crippen molar-refractivity contribution in [1.29, 1.82) is 0 Å². The van der Waals surface area contributed by atoms with Crippen molar-refractivity contribution in [3.8, 4) is 17.2 Å². The number of amides is 2. The highest BCUT2D eigenvalue weighted by molar-refractivity contribution is 5.91. The first-order chi connectivity index (χ1) is 13.0. The van der Waals surface area contributed by atoms with Crippen LogP contribution in [0.5, 0.6) is 17.2 Å². The van der Waals surface area contributed by atoms with Gasteiger partial charge in [0.2, 0.25) is 0 Å². The van der Waals surface area contributed by atoms with Gasteiger partial charge in [-0.1, -0.05) is 0 Å². The quantitative estimate of drug-likeness (QED) is 0.321. The Bertz CT molecular complexity index is 819. The second-order valence-corrected chi connectivity index (χ2v) is 5.22. The van der Waals surface area contributed by atoms with E-state index in [-0.39, 0.29) is 5.75 Å². The summed E-state index contributed by atoms with van der Waals surface area (Å²) in [6.07, 6.45) is 1.39. The van der Waals surface area contributed by atoms with Gasteiger partial charge in [0.25, 0.3) is 0 Å². The summed E-state index contributed by atoms with van der Waals surface area (Å²) in [5.41, 5.74) is 8.06. The number of carbonyl (C=O) groups excluding carboxylic acids is 2. The molecule has 2 aromatic rings. The largest absolute Gasteiger partial charge is 0.494 e. The molecular weight excluding hydrogens is 350 g/mol. The van der Waals surface area contributed by atoms with Crippen molar-refractivity contribution in [3.63, 3.8) is 0 Å². The van der Waals surface area contributed by atoms with Crippen LogP contribution in [-0.4, -0.2) is 31.4 Å². The predicted octanol–water partition coefficient (Wildman–Crippen LogP) is 2.71. The second kappa shape index (κ2) is 9.81. The molecule has 0 atom stereocenters. The summed E-state index contributed by atoms with van der Waals surface area (Å²) < 4.78 is 16.3. The fourth-order valence-corrected chi connectivity index (χ4v) is 2.14. The van der Waals surface area contributed by atoms with Crippen molar-refractivity contribution in [2.75, 3.05) is 13.2 Å². The van der Waals surface area contributed by atoms with Gasteiger partial charge >= 0.3 is 12.0 Å². The number of nitrogens with one attached hydrogen (secondary N) is 1. The molecule has 0 aliphatic heterocycles. The summed E-state index contributed by atoms with van der Waals surface area (Å²) in [7, 11) is 0. The van der Waals surface area contributed by atoms with E-state index < -0.39 is 12.0 Å². The zero-order chi connectivity index (χ0) is 19.6. The molecule has 27 heavy (non-hydrogen) atoms. The Labute approximate surface area is 156 Å². The molecule has 2 aromatic carbocycles. The van der Waals surface area contributed by atoms with Gasteiger partial charge in [0.1, 0.15) is 5.75 Å². The maximum atomic E-state index is 12.4. The lowest BCUT2D eigenvalue weighted by Crippen LogP contribution is -2.24. The highest BCUT2D eigenvalue weighted by atomic mass is 16.6. The molecule has 0 aliphatic rings. The number of ether oxygens (including phenoxy) is 3. The molecule has 0 radical (unpaired) electrons. The Morgan fingerprint density at radius 2 is 1.74 bits per heavy atom. The average molecular weight is 371 g/mol. The second-order valence-electron chi connectivity index (χ2n) is 5.22. The Morgan fingerprint density at radius 3 is 2.37 bits per heavy atom. The van der Waals surface area contributed by atoms with Gasteiger partial charge < -0.3 is 19.9 Å². The summed E-state index contributed by atoms with van der Waals surface area (Å²) in [4.78, 5) is 23.0. The highest BCUT2D eigenvalue weighted by Crippen LogP contribution is 2.29. The van der Waals surface area contributed by atoms with E-state index in [4.69, 9.17) is 19.9 Å². The number of carbonyl (C=O) groups is 2. The van der Waals surface area contributed by atoms with Crippen molar-refractivity contribution in [2.24, 2.45) is 10.8 Å². The summed E-state index contributed by atoms with van der Waals surface area (Å²) in [5, 5.41) is 3.68. The van der Waals surface area contributed by atoms with Crippen molar-refractivity contribution < 1.29 is 23.8 Å². The van der Waals surface area contributed by atoms with Crippen molar-refractivity contribution in [2.45, 2.75) is 13.8 Å². The topological polar surface area (TPSA) is 112 Å². The van der Waals surface area contributed by atoms with Crippen LogP contribution in [0.1, 0.15) is 29.8 Å². The van der Waals surface area contributed by atoms with Gasteiger partial charge in [0.05, 0.1) is 25.0 Å². The number of esters is 1. The van der Waals surface area contributed by atoms with E-state index in [0.29, 0.717) is 35.8 Å². The third-order valence-electron chi connectivity index (χ3n) is 3.26. The van der Waals surface area contributed by atoms with Gasteiger partial charge in [-0.3, -0.25) is 0 Å². The van der Waals surface area contributed by atoms with Crippen LogP contribution >= 0.6 is 0 Å². The summed E-state index contributed by atoms with van der Waals surface area (Å²) >= 11 is 0. The predicted molar refractivity (Wildman–Crippen MR) is 100 cm³/mol. The molecule has 2 rings (SSSR count). The average Bonchev–Trinajstić information content (AvgIpc) is 2.64. The molecular formula is C19H21N3O5.